The lowest BCUT2D eigenvalue weighted by molar-refractivity contribution is -0.117. The van der Waals surface area contributed by atoms with Crippen LogP contribution in [0.25, 0.3) is 5.69 Å². The number of hydrogen-bond acceptors (Lipinski definition) is 5. The highest BCUT2D eigenvalue weighted by Crippen LogP contribution is 2.28. The minimum absolute atomic E-state index is 0.0468. The van der Waals surface area contributed by atoms with Crippen LogP contribution in [-0.4, -0.2) is 35.3 Å². The molecular weight excluding hydrogens is 304 g/mol. The van der Waals surface area contributed by atoms with Crippen molar-refractivity contribution < 1.29 is 13.2 Å². The fraction of sp³-hybridized carbons (Fsp3) is 0.182. The van der Waals surface area contributed by atoms with E-state index in [-0.39, 0.29) is 10.7 Å². The van der Waals surface area contributed by atoms with Crippen LogP contribution in [0, 0.1) is 0 Å². The summed E-state index contributed by atoms with van der Waals surface area (Å²) in [6.45, 7) is 0. The van der Waals surface area contributed by atoms with Crippen LogP contribution in [0.2, 0.25) is 5.15 Å². The third kappa shape index (κ3) is 2.81. The highest BCUT2D eigenvalue weighted by Gasteiger charge is 2.32. The monoisotopic (exact) mass is 314 g/mol. The van der Waals surface area contributed by atoms with Gasteiger partial charge in [-0.05, 0) is 12.1 Å². The van der Waals surface area contributed by atoms with Crippen molar-refractivity contribution in [3.8, 4) is 5.69 Å². The SMILES string of the molecule is CS(=O)(=O)C(C(N)=O)c1cn(-c2cccnc2)nc1Cl. The molecule has 20 heavy (non-hydrogen) atoms. The molecule has 2 heterocycles. The third-order valence-corrected chi connectivity index (χ3v) is 4.21. The summed E-state index contributed by atoms with van der Waals surface area (Å²) in [6, 6.07) is 3.40. The molecule has 0 saturated carbocycles. The lowest BCUT2D eigenvalue weighted by Gasteiger charge is -2.09. The number of nitrogens with zero attached hydrogens (tertiary/aromatic N) is 3. The molecule has 1 unspecified atom stereocenters. The molecule has 7 nitrogen and oxygen atoms in total. The maximum atomic E-state index is 11.7. The summed E-state index contributed by atoms with van der Waals surface area (Å²) in [4.78, 5) is 15.3. The van der Waals surface area contributed by atoms with E-state index in [0.717, 1.165) is 6.26 Å². The molecule has 0 bridgehead atoms. The molecule has 0 aliphatic heterocycles. The van der Waals surface area contributed by atoms with Gasteiger partial charge in [-0.3, -0.25) is 9.78 Å². The number of halogens is 1. The molecule has 1 amide bonds. The molecule has 0 spiro atoms. The normalized spacial score (nSPS) is 13.1. The van der Waals surface area contributed by atoms with E-state index >= 15 is 0 Å². The molecular formula is C11H11ClN4O3S. The molecule has 0 saturated heterocycles. The number of nitrogens with two attached hydrogens (primary N) is 1. The van der Waals surface area contributed by atoms with E-state index in [1.807, 2.05) is 0 Å². The Morgan fingerprint density at radius 1 is 1.50 bits per heavy atom. The number of sulfone groups is 1. The molecule has 0 aromatic carbocycles. The van der Waals surface area contributed by atoms with E-state index in [1.165, 1.54) is 17.1 Å². The van der Waals surface area contributed by atoms with E-state index in [1.54, 1.807) is 18.3 Å². The molecule has 2 aromatic rings. The number of carbonyl (C=O) groups excluding carboxylic acids is 1. The fourth-order valence-electron chi connectivity index (χ4n) is 1.76. The van der Waals surface area contributed by atoms with Crippen molar-refractivity contribution >= 4 is 27.3 Å². The third-order valence-electron chi connectivity index (χ3n) is 2.57. The topological polar surface area (TPSA) is 108 Å². The number of rotatable bonds is 4. The molecule has 106 valence electrons. The number of pyridine rings is 1. The summed E-state index contributed by atoms with van der Waals surface area (Å²) >= 11 is 5.92. The number of amides is 1. The zero-order valence-corrected chi connectivity index (χ0v) is 12.0. The molecule has 2 rings (SSSR count). The van der Waals surface area contributed by atoms with Gasteiger partial charge in [0.1, 0.15) is 0 Å². The first kappa shape index (κ1) is 14.5. The zero-order valence-electron chi connectivity index (χ0n) is 10.4. The van der Waals surface area contributed by atoms with Crippen molar-refractivity contribution in [3.05, 3.63) is 41.4 Å². The summed E-state index contributed by atoms with van der Waals surface area (Å²) in [5.74, 6) is -1.000. The average molecular weight is 315 g/mol. The predicted molar refractivity (Wildman–Crippen MR) is 73.1 cm³/mol. The van der Waals surface area contributed by atoms with Gasteiger partial charge in [-0.2, -0.15) is 5.10 Å². The van der Waals surface area contributed by atoms with Gasteiger partial charge in [0.2, 0.25) is 5.91 Å². The second-order valence-corrected chi connectivity index (χ2v) is 6.63. The largest absolute Gasteiger partial charge is 0.368 e. The summed E-state index contributed by atoms with van der Waals surface area (Å²) in [6.07, 6.45) is 5.38. The van der Waals surface area contributed by atoms with Gasteiger partial charge in [0.15, 0.2) is 20.2 Å². The number of aromatic nitrogens is 3. The first-order chi connectivity index (χ1) is 9.30. The Bertz CT molecular complexity index is 742. The lowest BCUT2D eigenvalue weighted by Crippen LogP contribution is -2.27. The van der Waals surface area contributed by atoms with Crippen LogP contribution in [0.5, 0.6) is 0 Å². The fourth-order valence-corrected chi connectivity index (χ4v) is 3.12. The summed E-state index contributed by atoms with van der Waals surface area (Å²) in [5, 5.41) is 2.35. The zero-order chi connectivity index (χ0) is 14.9. The Hall–Kier alpha value is -1.93. The first-order valence-electron chi connectivity index (χ1n) is 5.44. The van der Waals surface area contributed by atoms with E-state index in [9.17, 15) is 13.2 Å². The predicted octanol–water partition coefficient (Wildman–Crippen LogP) is 0.492. The van der Waals surface area contributed by atoms with E-state index in [4.69, 9.17) is 17.3 Å². The quantitative estimate of drug-likeness (QED) is 0.883. The summed E-state index contributed by atoms with van der Waals surface area (Å²) in [7, 11) is -3.74. The Balaban J connectivity index is 2.54. The van der Waals surface area contributed by atoms with Crippen molar-refractivity contribution in [2.75, 3.05) is 6.26 Å². The summed E-state index contributed by atoms with van der Waals surface area (Å²) < 4.78 is 24.7. The number of hydrogen-bond donors (Lipinski definition) is 1. The van der Waals surface area contributed by atoms with E-state index < -0.39 is 21.0 Å². The van der Waals surface area contributed by atoms with Crippen LogP contribution < -0.4 is 5.73 Å². The van der Waals surface area contributed by atoms with Crippen LogP contribution >= 0.6 is 11.6 Å². The number of carbonyl (C=O) groups is 1. The number of primary amides is 1. The molecule has 2 aromatic heterocycles. The second-order valence-electron chi connectivity index (χ2n) is 4.14. The molecule has 1 atom stereocenters. The highest BCUT2D eigenvalue weighted by atomic mass is 35.5. The van der Waals surface area contributed by atoms with Crippen molar-refractivity contribution in [2.45, 2.75) is 5.25 Å². The van der Waals surface area contributed by atoms with Crippen LogP contribution in [0.3, 0.4) is 0 Å². The van der Waals surface area contributed by atoms with Crippen LogP contribution in [0.15, 0.2) is 30.7 Å². The van der Waals surface area contributed by atoms with Gasteiger partial charge >= 0.3 is 0 Å². The van der Waals surface area contributed by atoms with E-state index in [0.29, 0.717) is 5.69 Å². The first-order valence-corrected chi connectivity index (χ1v) is 7.77. The van der Waals surface area contributed by atoms with Crippen molar-refractivity contribution in [3.63, 3.8) is 0 Å². The van der Waals surface area contributed by atoms with Crippen LogP contribution in [0.4, 0.5) is 0 Å². The van der Waals surface area contributed by atoms with Gasteiger partial charge in [-0.25, -0.2) is 13.1 Å². The highest BCUT2D eigenvalue weighted by molar-refractivity contribution is 7.91. The molecule has 0 aliphatic rings. The van der Waals surface area contributed by atoms with Gasteiger partial charge in [0.05, 0.1) is 11.9 Å². The van der Waals surface area contributed by atoms with Crippen LogP contribution in [0.1, 0.15) is 10.8 Å². The van der Waals surface area contributed by atoms with Gasteiger partial charge < -0.3 is 5.73 Å². The smallest absolute Gasteiger partial charge is 0.240 e. The Morgan fingerprint density at radius 3 is 2.70 bits per heavy atom. The molecule has 0 aliphatic carbocycles. The molecule has 0 radical (unpaired) electrons. The van der Waals surface area contributed by atoms with Crippen molar-refractivity contribution in [2.24, 2.45) is 5.73 Å². The van der Waals surface area contributed by atoms with Gasteiger partial charge in [0, 0.05) is 24.2 Å². The molecule has 9 heteroatoms. The van der Waals surface area contributed by atoms with Gasteiger partial charge in [-0.15, -0.1) is 0 Å². The lowest BCUT2D eigenvalue weighted by atomic mass is 10.2. The Morgan fingerprint density at radius 2 is 2.20 bits per heavy atom. The van der Waals surface area contributed by atoms with Gasteiger partial charge in [0.25, 0.3) is 0 Å². The molecule has 2 N–H and O–H groups in total. The van der Waals surface area contributed by atoms with Crippen molar-refractivity contribution in [1.29, 1.82) is 0 Å². The maximum Gasteiger partial charge on any atom is 0.240 e. The average Bonchev–Trinajstić information content (AvgIpc) is 2.70. The van der Waals surface area contributed by atoms with Crippen LogP contribution in [-0.2, 0) is 14.6 Å². The minimum Gasteiger partial charge on any atom is -0.368 e. The summed E-state index contributed by atoms with van der Waals surface area (Å²) in [5.41, 5.74) is 5.77. The molecule has 0 fully saturated rings. The van der Waals surface area contributed by atoms with Gasteiger partial charge in [-0.1, -0.05) is 11.6 Å². The Labute approximate surface area is 120 Å². The van der Waals surface area contributed by atoms with Crippen molar-refractivity contribution in [1.82, 2.24) is 14.8 Å². The standard InChI is InChI=1S/C11H11ClN4O3S/c1-20(18,19)9(11(13)17)8-6-16(15-10(8)12)7-3-2-4-14-5-7/h2-6,9H,1H3,(H2,13,17). The maximum absolute atomic E-state index is 11.7. The minimum atomic E-state index is -3.74. The van der Waals surface area contributed by atoms with E-state index in [2.05, 4.69) is 10.1 Å². The Kier molecular flexibility index (Phi) is 3.78. The second kappa shape index (κ2) is 5.22.